The molecule has 1 atom stereocenters. The second-order valence-corrected chi connectivity index (χ2v) is 3.47. The van der Waals surface area contributed by atoms with Crippen LogP contribution in [0.2, 0.25) is 0 Å². The first kappa shape index (κ1) is 9.27. The summed E-state index contributed by atoms with van der Waals surface area (Å²) in [4.78, 5) is 14.4. The van der Waals surface area contributed by atoms with Crippen LogP contribution in [0.3, 0.4) is 0 Å². The maximum Gasteiger partial charge on any atom is 0.267 e. The van der Waals surface area contributed by atoms with Crippen LogP contribution < -0.4 is 5.32 Å². The summed E-state index contributed by atoms with van der Waals surface area (Å²) in [6, 6.07) is 3.74. The molecule has 0 saturated carbocycles. The van der Waals surface area contributed by atoms with E-state index < -0.39 is 0 Å². The topological polar surface area (TPSA) is 54.1 Å². The summed E-state index contributed by atoms with van der Waals surface area (Å²) in [5.41, 5.74) is 0.607. The second kappa shape index (κ2) is 4.28. The number of nitrogens with one attached hydrogen (secondary N) is 2. The van der Waals surface area contributed by atoms with Crippen molar-refractivity contribution >= 4 is 5.91 Å². The van der Waals surface area contributed by atoms with Gasteiger partial charge in [0.25, 0.3) is 5.91 Å². The zero-order valence-electron chi connectivity index (χ0n) is 7.95. The van der Waals surface area contributed by atoms with Crippen molar-refractivity contribution in [3.63, 3.8) is 0 Å². The van der Waals surface area contributed by atoms with E-state index in [0.717, 1.165) is 19.4 Å². The zero-order chi connectivity index (χ0) is 9.80. The Bertz CT molecular complexity index is 289. The van der Waals surface area contributed by atoms with Crippen LogP contribution in [-0.4, -0.2) is 30.1 Å². The summed E-state index contributed by atoms with van der Waals surface area (Å²) in [5.74, 6) is -0.0505. The van der Waals surface area contributed by atoms with Crippen LogP contribution in [0.25, 0.3) is 0 Å². The third kappa shape index (κ3) is 2.14. The van der Waals surface area contributed by atoms with Gasteiger partial charge in [0, 0.05) is 12.8 Å². The average molecular weight is 194 g/mol. The zero-order valence-corrected chi connectivity index (χ0v) is 7.95. The Morgan fingerprint density at radius 2 is 2.57 bits per heavy atom. The van der Waals surface area contributed by atoms with Crippen molar-refractivity contribution in [1.29, 1.82) is 0 Å². The van der Waals surface area contributed by atoms with E-state index in [1.165, 1.54) is 0 Å². The molecule has 14 heavy (non-hydrogen) atoms. The van der Waals surface area contributed by atoms with Crippen LogP contribution in [0.4, 0.5) is 0 Å². The lowest BCUT2D eigenvalue weighted by atomic mass is 10.1. The van der Waals surface area contributed by atoms with E-state index in [9.17, 15) is 4.79 Å². The summed E-state index contributed by atoms with van der Waals surface area (Å²) >= 11 is 0. The fourth-order valence-electron chi connectivity index (χ4n) is 1.59. The number of ether oxygens (including phenoxy) is 1. The predicted molar refractivity (Wildman–Crippen MR) is 52.1 cm³/mol. The molecule has 2 heterocycles. The van der Waals surface area contributed by atoms with E-state index in [0.29, 0.717) is 12.3 Å². The average Bonchev–Trinajstić information content (AvgIpc) is 2.72. The Balaban J connectivity index is 1.87. The molecule has 0 aromatic carbocycles. The molecule has 76 valence electrons. The molecule has 0 bridgehead atoms. The number of aromatic nitrogens is 1. The Kier molecular flexibility index (Phi) is 2.84. The minimum Gasteiger partial charge on any atom is -0.379 e. The third-order valence-electron chi connectivity index (χ3n) is 2.34. The number of rotatable bonds is 2. The van der Waals surface area contributed by atoms with Gasteiger partial charge in [-0.3, -0.25) is 4.79 Å². The first-order valence-electron chi connectivity index (χ1n) is 4.88. The summed E-state index contributed by atoms with van der Waals surface area (Å²) < 4.78 is 5.28. The fourth-order valence-corrected chi connectivity index (χ4v) is 1.59. The van der Waals surface area contributed by atoms with E-state index in [1.54, 1.807) is 12.3 Å². The fraction of sp³-hybridized carbons (Fsp3) is 0.500. The van der Waals surface area contributed by atoms with Gasteiger partial charge >= 0.3 is 0 Å². The molecule has 2 N–H and O–H groups in total. The molecule has 1 unspecified atom stereocenters. The first-order chi connectivity index (χ1) is 6.86. The quantitative estimate of drug-likeness (QED) is 0.735. The number of carbonyl (C=O) groups is 1. The van der Waals surface area contributed by atoms with Crippen LogP contribution in [-0.2, 0) is 4.74 Å². The van der Waals surface area contributed by atoms with Crippen molar-refractivity contribution in [2.24, 2.45) is 0 Å². The standard InChI is InChI=1S/C10H14N2O2/c13-10(9-4-1-5-11-9)12-8-3-2-6-14-7-8/h1,4-5,8,11H,2-3,6-7H2,(H,12,13). The molecule has 1 fully saturated rings. The van der Waals surface area contributed by atoms with E-state index in [4.69, 9.17) is 4.74 Å². The van der Waals surface area contributed by atoms with Crippen molar-refractivity contribution in [3.8, 4) is 0 Å². The molecular formula is C10H14N2O2. The minimum atomic E-state index is -0.0505. The van der Waals surface area contributed by atoms with E-state index in [2.05, 4.69) is 10.3 Å². The van der Waals surface area contributed by atoms with Gasteiger partial charge in [0.2, 0.25) is 0 Å². The van der Waals surface area contributed by atoms with Crippen molar-refractivity contribution in [2.75, 3.05) is 13.2 Å². The number of hydrogen-bond acceptors (Lipinski definition) is 2. The lowest BCUT2D eigenvalue weighted by Gasteiger charge is -2.22. The van der Waals surface area contributed by atoms with Gasteiger partial charge in [0.1, 0.15) is 5.69 Å². The number of carbonyl (C=O) groups excluding carboxylic acids is 1. The van der Waals surface area contributed by atoms with Gasteiger partial charge in [-0.05, 0) is 25.0 Å². The van der Waals surface area contributed by atoms with Crippen LogP contribution in [0, 0.1) is 0 Å². The smallest absolute Gasteiger partial charge is 0.267 e. The van der Waals surface area contributed by atoms with Gasteiger partial charge in [-0.15, -0.1) is 0 Å². The molecule has 4 heteroatoms. The van der Waals surface area contributed by atoms with Gasteiger partial charge in [-0.1, -0.05) is 0 Å². The molecule has 1 aromatic heterocycles. The van der Waals surface area contributed by atoms with Crippen molar-refractivity contribution < 1.29 is 9.53 Å². The maximum absolute atomic E-state index is 11.6. The summed E-state index contributed by atoms with van der Waals surface area (Å²) in [7, 11) is 0. The summed E-state index contributed by atoms with van der Waals surface area (Å²) in [6.45, 7) is 1.45. The van der Waals surface area contributed by atoms with E-state index in [1.807, 2.05) is 6.07 Å². The van der Waals surface area contributed by atoms with Crippen molar-refractivity contribution in [1.82, 2.24) is 10.3 Å². The molecule has 0 spiro atoms. The highest BCUT2D eigenvalue weighted by Gasteiger charge is 2.16. The number of amides is 1. The van der Waals surface area contributed by atoms with Gasteiger partial charge in [0.15, 0.2) is 0 Å². The Morgan fingerprint density at radius 3 is 3.21 bits per heavy atom. The van der Waals surface area contributed by atoms with Gasteiger partial charge in [-0.2, -0.15) is 0 Å². The molecule has 1 saturated heterocycles. The van der Waals surface area contributed by atoms with Gasteiger partial charge < -0.3 is 15.0 Å². The Labute approximate surface area is 82.6 Å². The Hall–Kier alpha value is -1.29. The first-order valence-corrected chi connectivity index (χ1v) is 4.88. The summed E-state index contributed by atoms with van der Waals surface area (Å²) in [6.07, 6.45) is 3.77. The molecule has 2 rings (SSSR count). The van der Waals surface area contributed by atoms with Gasteiger partial charge in [-0.25, -0.2) is 0 Å². The third-order valence-corrected chi connectivity index (χ3v) is 2.34. The number of hydrogen-bond donors (Lipinski definition) is 2. The lowest BCUT2D eigenvalue weighted by molar-refractivity contribution is 0.0622. The number of aromatic amines is 1. The molecule has 1 aromatic rings. The van der Waals surface area contributed by atoms with Crippen LogP contribution in [0.1, 0.15) is 23.3 Å². The SMILES string of the molecule is O=C(NC1CCCOC1)c1ccc[nH]1. The van der Waals surface area contributed by atoms with Crippen LogP contribution >= 0.6 is 0 Å². The van der Waals surface area contributed by atoms with Crippen molar-refractivity contribution in [3.05, 3.63) is 24.0 Å². The second-order valence-electron chi connectivity index (χ2n) is 3.47. The number of H-pyrrole nitrogens is 1. The Morgan fingerprint density at radius 1 is 1.64 bits per heavy atom. The molecular weight excluding hydrogens is 180 g/mol. The molecule has 1 amide bonds. The van der Waals surface area contributed by atoms with E-state index >= 15 is 0 Å². The molecule has 0 radical (unpaired) electrons. The molecule has 4 nitrogen and oxygen atoms in total. The molecule has 1 aliphatic rings. The lowest BCUT2D eigenvalue weighted by Crippen LogP contribution is -2.40. The summed E-state index contributed by atoms with van der Waals surface area (Å²) in [5, 5.41) is 2.93. The normalized spacial score (nSPS) is 21.9. The molecule has 1 aliphatic heterocycles. The van der Waals surface area contributed by atoms with E-state index in [-0.39, 0.29) is 11.9 Å². The largest absolute Gasteiger partial charge is 0.379 e. The minimum absolute atomic E-state index is 0.0505. The molecule has 0 aliphatic carbocycles. The van der Waals surface area contributed by atoms with Crippen LogP contribution in [0.15, 0.2) is 18.3 Å². The predicted octanol–water partition coefficient (Wildman–Crippen LogP) is 0.923. The van der Waals surface area contributed by atoms with Crippen LogP contribution in [0.5, 0.6) is 0 Å². The van der Waals surface area contributed by atoms with Crippen molar-refractivity contribution in [2.45, 2.75) is 18.9 Å². The highest BCUT2D eigenvalue weighted by Crippen LogP contribution is 2.06. The maximum atomic E-state index is 11.6. The monoisotopic (exact) mass is 194 g/mol. The highest BCUT2D eigenvalue weighted by atomic mass is 16.5. The van der Waals surface area contributed by atoms with Gasteiger partial charge in [0.05, 0.1) is 12.6 Å². The highest BCUT2D eigenvalue weighted by molar-refractivity contribution is 5.92.